The second kappa shape index (κ2) is 7.76. The predicted molar refractivity (Wildman–Crippen MR) is 98.5 cm³/mol. The highest BCUT2D eigenvalue weighted by Gasteiger charge is 2.30. The quantitative estimate of drug-likeness (QED) is 0.684. The molecule has 0 amide bonds. The summed E-state index contributed by atoms with van der Waals surface area (Å²) in [6, 6.07) is 19.2. The zero-order valence-electron chi connectivity index (χ0n) is 15.0. The van der Waals surface area contributed by atoms with Crippen LogP contribution in [0.1, 0.15) is 28.6 Å². The van der Waals surface area contributed by atoms with Gasteiger partial charge in [-0.3, -0.25) is 4.90 Å². The molecule has 0 spiro atoms. The molecule has 1 aliphatic heterocycles. The number of hydrogen-bond acceptors (Lipinski definition) is 5. The molecule has 2 aromatic carbocycles. The van der Waals surface area contributed by atoms with E-state index >= 15 is 0 Å². The van der Waals surface area contributed by atoms with Crippen molar-refractivity contribution < 1.29 is 4.74 Å². The first kappa shape index (κ1) is 16.9. The van der Waals surface area contributed by atoms with E-state index in [1.165, 1.54) is 16.7 Å². The standard InChI is InChI=1S/C20H23N5O/c1-26-14-13-25-20(21-22-23-25)19(17-8-3-2-4-9-17)24-12-11-16-7-5-6-10-18(16)15-24/h2-10,19H,11-15H2,1H3. The largest absolute Gasteiger partial charge is 0.383 e. The molecule has 6 heteroatoms. The van der Waals surface area contributed by atoms with Crippen molar-refractivity contribution >= 4 is 0 Å². The zero-order chi connectivity index (χ0) is 17.8. The van der Waals surface area contributed by atoms with E-state index in [0.29, 0.717) is 13.2 Å². The van der Waals surface area contributed by atoms with Crippen LogP contribution in [0.25, 0.3) is 0 Å². The van der Waals surface area contributed by atoms with Crippen LogP contribution in [0.2, 0.25) is 0 Å². The topological polar surface area (TPSA) is 56.1 Å². The number of rotatable bonds is 6. The van der Waals surface area contributed by atoms with Gasteiger partial charge in [-0.15, -0.1) is 5.10 Å². The lowest BCUT2D eigenvalue weighted by atomic mass is 9.96. The Labute approximate surface area is 153 Å². The van der Waals surface area contributed by atoms with Gasteiger partial charge in [0.25, 0.3) is 0 Å². The molecule has 0 fully saturated rings. The SMILES string of the molecule is COCCn1nnnc1C(c1ccccc1)N1CCc2ccccc2C1. The van der Waals surface area contributed by atoms with Gasteiger partial charge in [-0.25, -0.2) is 4.68 Å². The summed E-state index contributed by atoms with van der Waals surface area (Å²) in [6.07, 6.45) is 1.04. The molecule has 2 heterocycles. The van der Waals surface area contributed by atoms with Gasteiger partial charge < -0.3 is 4.74 Å². The Hall–Kier alpha value is -2.57. The van der Waals surface area contributed by atoms with Crippen LogP contribution in [0, 0.1) is 0 Å². The number of aromatic nitrogens is 4. The maximum Gasteiger partial charge on any atom is 0.173 e. The van der Waals surface area contributed by atoms with E-state index in [0.717, 1.165) is 25.3 Å². The summed E-state index contributed by atoms with van der Waals surface area (Å²) in [5.74, 6) is 0.868. The summed E-state index contributed by atoms with van der Waals surface area (Å²) in [6.45, 7) is 3.11. The molecular formula is C20H23N5O. The van der Waals surface area contributed by atoms with Gasteiger partial charge in [0.1, 0.15) is 0 Å². The smallest absolute Gasteiger partial charge is 0.173 e. The summed E-state index contributed by atoms with van der Waals surface area (Å²) in [5, 5.41) is 12.5. The Balaban J connectivity index is 1.70. The minimum Gasteiger partial charge on any atom is -0.383 e. The fourth-order valence-electron chi connectivity index (χ4n) is 3.64. The molecule has 6 nitrogen and oxygen atoms in total. The second-order valence-electron chi connectivity index (χ2n) is 6.56. The van der Waals surface area contributed by atoms with Crippen molar-refractivity contribution in [3.05, 3.63) is 77.1 Å². The molecule has 0 N–H and O–H groups in total. The number of hydrogen-bond donors (Lipinski definition) is 0. The van der Waals surface area contributed by atoms with Crippen LogP contribution in [0.4, 0.5) is 0 Å². The van der Waals surface area contributed by atoms with Gasteiger partial charge >= 0.3 is 0 Å². The van der Waals surface area contributed by atoms with E-state index in [1.54, 1.807) is 7.11 Å². The first-order chi connectivity index (χ1) is 12.9. The number of benzene rings is 2. The second-order valence-corrected chi connectivity index (χ2v) is 6.56. The monoisotopic (exact) mass is 349 g/mol. The third-order valence-electron chi connectivity index (χ3n) is 4.95. The first-order valence-electron chi connectivity index (χ1n) is 8.97. The summed E-state index contributed by atoms with van der Waals surface area (Å²) >= 11 is 0. The minimum absolute atomic E-state index is 0.0245. The Morgan fingerprint density at radius 3 is 2.62 bits per heavy atom. The molecule has 4 rings (SSSR count). The van der Waals surface area contributed by atoms with E-state index in [9.17, 15) is 0 Å². The van der Waals surface area contributed by atoms with Gasteiger partial charge in [0.15, 0.2) is 5.82 Å². The Morgan fingerprint density at radius 1 is 1.04 bits per heavy atom. The lowest BCUT2D eigenvalue weighted by Gasteiger charge is -2.35. The number of fused-ring (bicyclic) bond motifs is 1. The lowest BCUT2D eigenvalue weighted by molar-refractivity contribution is 0.170. The molecule has 0 aliphatic carbocycles. The molecule has 3 aromatic rings. The molecule has 1 aliphatic rings. The molecule has 0 radical (unpaired) electrons. The van der Waals surface area contributed by atoms with Gasteiger partial charge in [-0.2, -0.15) is 0 Å². The van der Waals surface area contributed by atoms with Crippen LogP contribution in [-0.2, 0) is 24.2 Å². The molecule has 1 unspecified atom stereocenters. The molecule has 0 saturated carbocycles. The zero-order valence-corrected chi connectivity index (χ0v) is 15.0. The number of nitrogens with zero attached hydrogens (tertiary/aromatic N) is 5. The van der Waals surface area contributed by atoms with Gasteiger partial charge in [-0.05, 0) is 33.5 Å². The van der Waals surface area contributed by atoms with Crippen molar-refractivity contribution in [3.63, 3.8) is 0 Å². The van der Waals surface area contributed by atoms with Crippen molar-refractivity contribution in [2.24, 2.45) is 0 Å². The highest BCUT2D eigenvalue weighted by molar-refractivity contribution is 5.31. The van der Waals surface area contributed by atoms with Crippen LogP contribution in [0.3, 0.4) is 0 Å². The Bertz CT molecular complexity index is 848. The van der Waals surface area contributed by atoms with Gasteiger partial charge in [0.05, 0.1) is 19.2 Å². The Kier molecular flexibility index (Phi) is 5.04. The fraction of sp³-hybridized carbons (Fsp3) is 0.350. The maximum atomic E-state index is 5.22. The molecule has 0 saturated heterocycles. The van der Waals surface area contributed by atoms with E-state index in [1.807, 2.05) is 10.7 Å². The van der Waals surface area contributed by atoms with E-state index in [-0.39, 0.29) is 6.04 Å². The van der Waals surface area contributed by atoms with Crippen molar-refractivity contribution in [2.45, 2.75) is 25.6 Å². The predicted octanol–water partition coefficient (Wildman–Crippen LogP) is 2.47. The van der Waals surface area contributed by atoms with Crippen molar-refractivity contribution in [3.8, 4) is 0 Å². The van der Waals surface area contributed by atoms with E-state index < -0.39 is 0 Å². The average Bonchev–Trinajstić information content (AvgIpc) is 3.15. The van der Waals surface area contributed by atoms with Gasteiger partial charge in [0.2, 0.25) is 0 Å². The van der Waals surface area contributed by atoms with Crippen LogP contribution in [0.5, 0.6) is 0 Å². The maximum absolute atomic E-state index is 5.22. The summed E-state index contributed by atoms with van der Waals surface area (Å²) in [5.41, 5.74) is 4.03. The lowest BCUT2D eigenvalue weighted by Crippen LogP contribution is -2.36. The summed E-state index contributed by atoms with van der Waals surface area (Å²) in [4.78, 5) is 2.46. The van der Waals surface area contributed by atoms with Crippen LogP contribution < -0.4 is 0 Å². The number of tetrazole rings is 1. The average molecular weight is 349 g/mol. The third-order valence-corrected chi connectivity index (χ3v) is 4.95. The number of methoxy groups -OCH3 is 1. The van der Waals surface area contributed by atoms with Crippen LogP contribution in [0.15, 0.2) is 54.6 Å². The summed E-state index contributed by atoms with van der Waals surface area (Å²) in [7, 11) is 1.69. The molecule has 26 heavy (non-hydrogen) atoms. The molecule has 1 aromatic heterocycles. The third kappa shape index (κ3) is 3.38. The fourth-order valence-corrected chi connectivity index (χ4v) is 3.64. The molecular weight excluding hydrogens is 326 g/mol. The molecule has 134 valence electrons. The van der Waals surface area contributed by atoms with Crippen molar-refractivity contribution in [1.29, 1.82) is 0 Å². The Morgan fingerprint density at radius 2 is 1.81 bits per heavy atom. The number of ether oxygens (including phenoxy) is 1. The van der Waals surface area contributed by atoms with Gasteiger partial charge in [-0.1, -0.05) is 54.6 Å². The van der Waals surface area contributed by atoms with Crippen LogP contribution in [-0.4, -0.2) is 45.4 Å². The normalized spacial score (nSPS) is 15.6. The minimum atomic E-state index is 0.0245. The van der Waals surface area contributed by atoms with Crippen LogP contribution >= 0.6 is 0 Å². The van der Waals surface area contributed by atoms with Crippen molar-refractivity contribution in [2.75, 3.05) is 20.3 Å². The highest BCUT2D eigenvalue weighted by atomic mass is 16.5. The molecule has 0 bridgehead atoms. The van der Waals surface area contributed by atoms with Gasteiger partial charge in [0, 0.05) is 20.2 Å². The van der Waals surface area contributed by atoms with Crippen molar-refractivity contribution in [1.82, 2.24) is 25.1 Å². The first-order valence-corrected chi connectivity index (χ1v) is 8.97. The molecule has 1 atom stereocenters. The highest BCUT2D eigenvalue weighted by Crippen LogP contribution is 2.31. The summed E-state index contributed by atoms with van der Waals surface area (Å²) < 4.78 is 7.08. The van der Waals surface area contributed by atoms with E-state index in [2.05, 4.69) is 69.0 Å². The van der Waals surface area contributed by atoms with E-state index in [4.69, 9.17) is 4.74 Å².